The Morgan fingerprint density at radius 2 is 2.00 bits per heavy atom. The molecule has 0 fully saturated rings. The van der Waals surface area contributed by atoms with Crippen LogP contribution in [0.15, 0.2) is 63.7 Å². The van der Waals surface area contributed by atoms with E-state index in [1.54, 1.807) is 0 Å². The Morgan fingerprint density at radius 1 is 1.15 bits per heavy atom. The van der Waals surface area contributed by atoms with Crippen LogP contribution in [0.1, 0.15) is 24.1 Å². The Labute approximate surface area is 126 Å². The highest BCUT2D eigenvalue weighted by atomic mass is 79.9. The summed E-state index contributed by atoms with van der Waals surface area (Å²) >= 11 is 3.51. The molecule has 2 aromatic carbocycles. The van der Waals surface area contributed by atoms with Crippen molar-refractivity contribution in [1.29, 1.82) is 0 Å². The quantitative estimate of drug-likeness (QED) is 0.724. The van der Waals surface area contributed by atoms with Crippen LogP contribution < -0.4 is 5.32 Å². The zero-order chi connectivity index (χ0) is 13.9. The lowest BCUT2D eigenvalue weighted by molar-refractivity contribution is 0.562. The monoisotopic (exact) mass is 329 g/mol. The van der Waals surface area contributed by atoms with Gasteiger partial charge < -0.3 is 9.73 Å². The third-order valence-corrected chi connectivity index (χ3v) is 4.00. The molecular weight excluding hydrogens is 314 g/mol. The predicted octanol–water partition coefficient (Wildman–Crippen LogP) is 5.05. The summed E-state index contributed by atoms with van der Waals surface area (Å²) in [4.78, 5) is 0. The van der Waals surface area contributed by atoms with E-state index in [1.165, 1.54) is 16.5 Å². The van der Waals surface area contributed by atoms with Gasteiger partial charge in [-0.25, -0.2) is 0 Å². The standard InChI is InChI=1S/C17H16BrNO/c1-12(13-5-4-6-15(18)9-13)19-10-14-11-20-17-8-3-2-7-16(14)17/h2-9,11-12,19H,10H2,1H3/t12-/m1/s1. The van der Waals surface area contributed by atoms with Gasteiger partial charge in [-0.3, -0.25) is 0 Å². The van der Waals surface area contributed by atoms with Gasteiger partial charge in [-0.15, -0.1) is 0 Å². The molecule has 0 aliphatic rings. The molecule has 0 unspecified atom stereocenters. The van der Waals surface area contributed by atoms with Crippen molar-refractivity contribution in [3.05, 3.63) is 70.4 Å². The summed E-state index contributed by atoms with van der Waals surface area (Å²) in [5.41, 5.74) is 3.41. The minimum atomic E-state index is 0.293. The lowest BCUT2D eigenvalue weighted by atomic mass is 10.1. The number of halogens is 1. The number of nitrogens with one attached hydrogen (secondary N) is 1. The number of furan rings is 1. The Hall–Kier alpha value is -1.58. The summed E-state index contributed by atoms with van der Waals surface area (Å²) in [5.74, 6) is 0. The molecule has 0 bridgehead atoms. The fraction of sp³-hybridized carbons (Fsp3) is 0.176. The summed E-state index contributed by atoms with van der Waals surface area (Å²) in [5, 5.41) is 4.72. The molecule has 0 aliphatic heterocycles. The molecule has 1 aromatic heterocycles. The molecule has 0 amide bonds. The average molecular weight is 330 g/mol. The molecule has 20 heavy (non-hydrogen) atoms. The first-order valence-corrected chi connectivity index (χ1v) is 7.47. The van der Waals surface area contributed by atoms with Crippen molar-refractivity contribution in [1.82, 2.24) is 5.32 Å². The van der Waals surface area contributed by atoms with Crippen molar-refractivity contribution >= 4 is 26.9 Å². The molecule has 1 atom stereocenters. The van der Waals surface area contributed by atoms with Crippen molar-refractivity contribution < 1.29 is 4.42 Å². The predicted molar refractivity (Wildman–Crippen MR) is 85.6 cm³/mol. The molecule has 0 radical (unpaired) electrons. The fourth-order valence-electron chi connectivity index (χ4n) is 2.33. The zero-order valence-corrected chi connectivity index (χ0v) is 12.9. The van der Waals surface area contributed by atoms with Crippen LogP contribution in [0.2, 0.25) is 0 Å². The molecule has 102 valence electrons. The van der Waals surface area contributed by atoms with E-state index in [0.717, 1.165) is 16.6 Å². The van der Waals surface area contributed by atoms with Gasteiger partial charge in [-0.1, -0.05) is 46.3 Å². The van der Waals surface area contributed by atoms with E-state index in [-0.39, 0.29) is 0 Å². The topological polar surface area (TPSA) is 25.2 Å². The molecule has 1 heterocycles. The maximum atomic E-state index is 5.56. The van der Waals surface area contributed by atoms with Gasteiger partial charge in [-0.2, -0.15) is 0 Å². The molecule has 3 rings (SSSR count). The van der Waals surface area contributed by atoms with Gasteiger partial charge in [-0.05, 0) is 30.7 Å². The van der Waals surface area contributed by atoms with Gasteiger partial charge in [0.2, 0.25) is 0 Å². The summed E-state index contributed by atoms with van der Waals surface area (Å²) in [6.45, 7) is 2.97. The van der Waals surface area contributed by atoms with E-state index in [1.807, 2.05) is 30.5 Å². The van der Waals surface area contributed by atoms with E-state index in [4.69, 9.17) is 4.42 Å². The highest BCUT2D eigenvalue weighted by Crippen LogP contribution is 2.22. The smallest absolute Gasteiger partial charge is 0.134 e. The second-order valence-corrected chi connectivity index (χ2v) is 5.83. The molecule has 2 nitrogen and oxygen atoms in total. The lowest BCUT2D eigenvalue weighted by Gasteiger charge is -2.14. The minimum absolute atomic E-state index is 0.293. The number of fused-ring (bicyclic) bond motifs is 1. The third-order valence-electron chi connectivity index (χ3n) is 3.51. The van der Waals surface area contributed by atoms with Gasteiger partial charge in [0, 0.05) is 28.0 Å². The van der Waals surface area contributed by atoms with Crippen molar-refractivity contribution in [2.75, 3.05) is 0 Å². The van der Waals surface area contributed by atoms with Crippen molar-refractivity contribution in [3.63, 3.8) is 0 Å². The van der Waals surface area contributed by atoms with Gasteiger partial charge in [0.05, 0.1) is 6.26 Å². The average Bonchev–Trinajstić information content (AvgIpc) is 2.88. The van der Waals surface area contributed by atoms with Crippen LogP contribution in [0.4, 0.5) is 0 Å². The summed E-state index contributed by atoms with van der Waals surface area (Å²) in [6.07, 6.45) is 1.84. The molecule has 0 saturated heterocycles. The Balaban J connectivity index is 1.73. The highest BCUT2D eigenvalue weighted by molar-refractivity contribution is 9.10. The van der Waals surface area contributed by atoms with Crippen LogP contribution in [0, 0.1) is 0 Å². The van der Waals surface area contributed by atoms with E-state index in [0.29, 0.717) is 6.04 Å². The van der Waals surface area contributed by atoms with Crippen LogP contribution in [-0.2, 0) is 6.54 Å². The van der Waals surface area contributed by atoms with E-state index >= 15 is 0 Å². The first-order valence-electron chi connectivity index (χ1n) is 6.68. The van der Waals surface area contributed by atoms with Crippen LogP contribution in [-0.4, -0.2) is 0 Å². The molecule has 0 saturated carbocycles. The molecular formula is C17H16BrNO. The van der Waals surface area contributed by atoms with Crippen molar-refractivity contribution in [2.45, 2.75) is 19.5 Å². The molecule has 0 spiro atoms. The molecule has 3 heteroatoms. The minimum Gasteiger partial charge on any atom is -0.464 e. The third kappa shape index (κ3) is 2.79. The first-order chi connectivity index (χ1) is 9.74. The second kappa shape index (κ2) is 5.81. The SMILES string of the molecule is C[C@@H](NCc1coc2ccccc12)c1cccc(Br)c1. The van der Waals surface area contributed by atoms with Gasteiger partial charge >= 0.3 is 0 Å². The zero-order valence-electron chi connectivity index (χ0n) is 11.3. The molecule has 3 aromatic rings. The number of benzene rings is 2. The summed E-state index contributed by atoms with van der Waals surface area (Å²) < 4.78 is 6.67. The maximum Gasteiger partial charge on any atom is 0.134 e. The number of para-hydroxylation sites is 1. The van der Waals surface area contributed by atoms with Crippen molar-refractivity contribution in [2.24, 2.45) is 0 Å². The lowest BCUT2D eigenvalue weighted by Crippen LogP contribution is -2.17. The van der Waals surface area contributed by atoms with Gasteiger partial charge in [0.25, 0.3) is 0 Å². The summed E-state index contributed by atoms with van der Waals surface area (Å²) in [6, 6.07) is 16.8. The Bertz CT molecular complexity index is 720. The fourth-order valence-corrected chi connectivity index (χ4v) is 2.74. The molecule has 1 N–H and O–H groups in total. The normalized spacial score (nSPS) is 12.7. The van der Waals surface area contributed by atoms with Crippen LogP contribution in [0.25, 0.3) is 11.0 Å². The first kappa shape index (κ1) is 13.4. The largest absolute Gasteiger partial charge is 0.464 e. The number of rotatable bonds is 4. The van der Waals surface area contributed by atoms with E-state index in [2.05, 4.69) is 52.4 Å². The van der Waals surface area contributed by atoms with Crippen LogP contribution in [0.5, 0.6) is 0 Å². The van der Waals surface area contributed by atoms with Gasteiger partial charge in [0.1, 0.15) is 5.58 Å². The highest BCUT2D eigenvalue weighted by Gasteiger charge is 2.08. The maximum absolute atomic E-state index is 5.56. The number of hydrogen-bond acceptors (Lipinski definition) is 2. The number of hydrogen-bond donors (Lipinski definition) is 1. The Morgan fingerprint density at radius 3 is 2.85 bits per heavy atom. The second-order valence-electron chi connectivity index (χ2n) is 4.91. The van der Waals surface area contributed by atoms with Crippen molar-refractivity contribution in [3.8, 4) is 0 Å². The van der Waals surface area contributed by atoms with E-state index < -0.39 is 0 Å². The molecule has 0 aliphatic carbocycles. The van der Waals surface area contributed by atoms with Crippen LogP contribution in [0.3, 0.4) is 0 Å². The van der Waals surface area contributed by atoms with Gasteiger partial charge in [0.15, 0.2) is 0 Å². The van der Waals surface area contributed by atoms with E-state index in [9.17, 15) is 0 Å². The summed E-state index contributed by atoms with van der Waals surface area (Å²) in [7, 11) is 0. The Kier molecular flexibility index (Phi) is 3.90. The van der Waals surface area contributed by atoms with Crippen LogP contribution >= 0.6 is 15.9 Å².